The molecule has 72 valence electrons. The van der Waals surface area contributed by atoms with Crippen LogP contribution in [0.25, 0.3) is 0 Å². The number of nitrogens with zero attached hydrogens (tertiary/aromatic N) is 1. The molecule has 4 heteroatoms. The minimum atomic E-state index is -1.90. The summed E-state index contributed by atoms with van der Waals surface area (Å²) >= 11 is 3.36. The molecule has 0 aromatic carbocycles. The van der Waals surface area contributed by atoms with Gasteiger partial charge in [0, 0.05) is 12.4 Å². The van der Waals surface area contributed by atoms with E-state index < -0.39 is 7.14 Å². The molecular formula is C9H13BrNOP. The Morgan fingerprint density at radius 1 is 1.54 bits per heavy atom. The van der Waals surface area contributed by atoms with E-state index >= 15 is 0 Å². The lowest BCUT2D eigenvalue weighted by atomic mass is 10.2. The molecule has 2 nitrogen and oxygen atoms in total. The van der Waals surface area contributed by atoms with E-state index in [1.165, 1.54) is 0 Å². The van der Waals surface area contributed by atoms with Gasteiger partial charge in [0.05, 0.1) is 7.14 Å². The molecule has 0 aliphatic heterocycles. The van der Waals surface area contributed by atoms with Crippen molar-refractivity contribution in [3.63, 3.8) is 0 Å². The Morgan fingerprint density at radius 2 is 2.23 bits per heavy atom. The van der Waals surface area contributed by atoms with Crippen LogP contribution in [0.2, 0.25) is 0 Å². The van der Waals surface area contributed by atoms with Crippen LogP contribution in [0.1, 0.15) is 5.56 Å². The SMILES string of the molecule is CP(C)(=O)CCc1cccnc1Br. The number of hydrogen-bond acceptors (Lipinski definition) is 2. The molecule has 0 spiro atoms. The van der Waals surface area contributed by atoms with Gasteiger partial charge in [-0.1, -0.05) is 6.07 Å². The normalized spacial score (nSPS) is 11.6. The highest BCUT2D eigenvalue weighted by molar-refractivity contribution is 9.10. The Hall–Kier alpha value is -0.140. The molecule has 0 radical (unpaired) electrons. The van der Waals surface area contributed by atoms with E-state index in [4.69, 9.17) is 0 Å². The monoisotopic (exact) mass is 261 g/mol. The van der Waals surface area contributed by atoms with Crippen molar-refractivity contribution in [3.8, 4) is 0 Å². The van der Waals surface area contributed by atoms with E-state index in [-0.39, 0.29) is 0 Å². The van der Waals surface area contributed by atoms with Crippen LogP contribution >= 0.6 is 23.1 Å². The van der Waals surface area contributed by atoms with Crippen molar-refractivity contribution in [2.24, 2.45) is 0 Å². The Morgan fingerprint density at radius 3 is 2.77 bits per heavy atom. The van der Waals surface area contributed by atoms with Crippen molar-refractivity contribution in [3.05, 3.63) is 28.5 Å². The minimum absolute atomic E-state index is 0.747. The molecule has 13 heavy (non-hydrogen) atoms. The maximum absolute atomic E-state index is 11.5. The van der Waals surface area contributed by atoms with Crippen LogP contribution in [0.5, 0.6) is 0 Å². The van der Waals surface area contributed by atoms with Gasteiger partial charge in [0.15, 0.2) is 0 Å². The van der Waals surface area contributed by atoms with Gasteiger partial charge >= 0.3 is 0 Å². The summed E-state index contributed by atoms with van der Waals surface area (Å²) in [6.07, 6.45) is 3.32. The van der Waals surface area contributed by atoms with Crippen LogP contribution in [0, 0.1) is 0 Å². The Labute approximate surface area is 87.3 Å². The van der Waals surface area contributed by atoms with Gasteiger partial charge in [-0.25, -0.2) is 4.98 Å². The van der Waals surface area contributed by atoms with Crippen molar-refractivity contribution in [1.29, 1.82) is 0 Å². The number of aromatic nitrogens is 1. The van der Waals surface area contributed by atoms with Crippen LogP contribution in [0.4, 0.5) is 0 Å². The third-order valence-corrected chi connectivity index (χ3v) is 3.77. The zero-order valence-corrected chi connectivity index (χ0v) is 10.3. The van der Waals surface area contributed by atoms with Gasteiger partial charge in [-0.3, -0.25) is 0 Å². The molecule has 0 atom stereocenters. The highest BCUT2D eigenvalue weighted by Gasteiger charge is 2.08. The second kappa shape index (κ2) is 4.39. The summed E-state index contributed by atoms with van der Waals surface area (Å²) in [5.41, 5.74) is 1.13. The second-order valence-corrected chi connectivity index (χ2v) is 7.85. The fourth-order valence-corrected chi connectivity index (χ4v) is 2.22. The quantitative estimate of drug-likeness (QED) is 0.619. The smallest absolute Gasteiger partial charge is 0.109 e. The maximum atomic E-state index is 11.5. The standard InChI is InChI=1S/C9H13BrNOP/c1-13(2,12)7-5-8-4-3-6-11-9(8)10/h3-4,6H,5,7H2,1-2H3. The van der Waals surface area contributed by atoms with E-state index in [1.54, 1.807) is 6.20 Å². The van der Waals surface area contributed by atoms with E-state index in [2.05, 4.69) is 20.9 Å². The molecule has 1 heterocycles. The second-order valence-electron chi connectivity index (χ2n) is 3.50. The number of hydrogen-bond donors (Lipinski definition) is 0. The number of halogens is 1. The molecule has 0 saturated carbocycles. The summed E-state index contributed by atoms with van der Waals surface area (Å²) in [5, 5.41) is 0. The Bertz CT molecular complexity index is 334. The Kier molecular flexibility index (Phi) is 3.69. The highest BCUT2D eigenvalue weighted by atomic mass is 79.9. The summed E-state index contributed by atoms with van der Waals surface area (Å²) in [6, 6.07) is 3.91. The van der Waals surface area contributed by atoms with Gasteiger partial charge in [-0.2, -0.15) is 0 Å². The third kappa shape index (κ3) is 4.06. The molecule has 0 aliphatic carbocycles. The van der Waals surface area contributed by atoms with Crippen molar-refractivity contribution in [1.82, 2.24) is 4.98 Å². The molecule has 0 unspecified atom stereocenters. The summed E-state index contributed by atoms with van der Waals surface area (Å²) in [5.74, 6) is 0. The summed E-state index contributed by atoms with van der Waals surface area (Å²) in [6.45, 7) is 3.63. The largest absolute Gasteiger partial charge is 0.324 e. The van der Waals surface area contributed by atoms with Gasteiger partial charge < -0.3 is 4.57 Å². The van der Waals surface area contributed by atoms with Crippen molar-refractivity contribution >= 4 is 23.1 Å². The van der Waals surface area contributed by atoms with E-state index in [0.717, 1.165) is 22.7 Å². The molecule has 1 aromatic heterocycles. The van der Waals surface area contributed by atoms with Crippen molar-refractivity contribution in [2.75, 3.05) is 19.5 Å². The highest BCUT2D eigenvalue weighted by Crippen LogP contribution is 2.36. The van der Waals surface area contributed by atoms with Crippen molar-refractivity contribution < 1.29 is 4.57 Å². The maximum Gasteiger partial charge on any atom is 0.109 e. The lowest BCUT2D eigenvalue weighted by molar-refractivity contribution is 0.582. The molecule has 0 fully saturated rings. The molecule has 0 bridgehead atoms. The summed E-state index contributed by atoms with van der Waals surface area (Å²) < 4.78 is 12.3. The predicted molar refractivity (Wildman–Crippen MR) is 60.0 cm³/mol. The van der Waals surface area contributed by atoms with Gasteiger partial charge in [0.1, 0.15) is 4.60 Å². The average Bonchev–Trinajstić information content (AvgIpc) is 2.01. The van der Waals surface area contributed by atoms with Crippen LogP contribution in [0.15, 0.2) is 22.9 Å². The lowest BCUT2D eigenvalue weighted by Gasteiger charge is -2.06. The topological polar surface area (TPSA) is 30.0 Å². The van der Waals surface area contributed by atoms with Crippen LogP contribution < -0.4 is 0 Å². The average molecular weight is 262 g/mol. The van der Waals surface area contributed by atoms with Crippen molar-refractivity contribution in [2.45, 2.75) is 6.42 Å². The third-order valence-electron chi connectivity index (χ3n) is 1.76. The molecule has 0 N–H and O–H groups in total. The van der Waals surface area contributed by atoms with E-state index in [0.29, 0.717) is 0 Å². The van der Waals surface area contributed by atoms with Gasteiger partial charge in [0.25, 0.3) is 0 Å². The first kappa shape index (κ1) is 10.9. The molecule has 0 aliphatic rings. The molecular weight excluding hydrogens is 249 g/mol. The zero-order valence-electron chi connectivity index (χ0n) is 7.83. The minimum Gasteiger partial charge on any atom is -0.324 e. The first-order chi connectivity index (χ1) is 5.99. The van der Waals surface area contributed by atoms with Gasteiger partial charge in [-0.15, -0.1) is 0 Å². The first-order valence-electron chi connectivity index (χ1n) is 4.12. The number of pyridine rings is 1. The fourth-order valence-electron chi connectivity index (χ4n) is 0.996. The molecule has 0 saturated heterocycles. The zero-order chi connectivity index (χ0) is 9.90. The van der Waals surface area contributed by atoms with Crippen LogP contribution in [0.3, 0.4) is 0 Å². The fraction of sp³-hybridized carbons (Fsp3) is 0.444. The number of aryl methyl sites for hydroxylation is 1. The molecule has 1 rings (SSSR count). The Balaban J connectivity index is 2.65. The summed E-state index contributed by atoms with van der Waals surface area (Å²) in [4.78, 5) is 4.11. The predicted octanol–water partition coefficient (Wildman–Crippen LogP) is 3.01. The lowest BCUT2D eigenvalue weighted by Crippen LogP contribution is -1.94. The van der Waals surface area contributed by atoms with E-state index in [9.17, 15) is 4.57 Å². The van der Waals surface area contributed by atoms with Crippen LogP contribution in [-0.4, -0.2) is 24.5 Å². The molecule has 1 aromatic rings. The van der Waals surface area contributed by atoms with E-state index in [1.807, 2.05) is 25.5 Å². The van der Waals surface area contributed by atoms with Gasteiger partial charge in [0.2, 0.25) is 0 Å². The first-order valence-corrected chi connectivity index (χ1v) is 7.70. The molecule has 0 amide bonds. The number of rotatable bonds is 3. The summed E-state index contributed by atoms with van der Waals surface area (Å²) in [7, 11) is -1.90. The van der Waals surface area contributed by atoms with Gasteiger partial charge in [-0.05, 0) is 47.3 Å². The van der Waals surface area contributed by atoms with Crippen LogP contribution in [-0.2, 0) is 11.0 Å².